The quantitative estimate of drug-likeness (QED) is 0.755. The van der Waals surface area contributed by atoms with E-state index in [-0.39, 0.29) is 24.7 Å². The molecule has 2 aromatic rings. The van der Waals surface area contributed by atoms with Crippen molar-refractivity contribution in [3.63, 3.8) is 0 Å². The molecule has 0 saturated carbocycles. The van der Waals surface area contributed by atoms with Crippen LogP contribution in [0.25, 0.3) is 0 Å². The zero-order chi connectivity index (χ0) is 19.3. The molecule has 7 heteroatoms. The van der Waals surface area contributed by atoms with E-state index in [1.807, 2.05) is 19.1 Å². The molecule has 1 N–H and O–H groups in total. The number of ketones is 1. The van der Waals surface area contributed by atoms with Gasteiger partial charge >= 0.3 is 0 Å². The summed E-state index contributed by atoms with van der Waals surface area (Å²) in [7, 11) is -3.59. The Morgan fingerprint density at radius 2 is 1.73 bits per heavy atom. The van der Waals surface area contributed by atoms with Gasteiger partial charge in [0.1, 0.15) is 0 Å². The van der Waals surface area contributed by atoms with Gasteiger partial charge in [0, 0.05) is 24.2 Å². The third kappa shape index (κ3) is 5.42. The third-order valence-electron chi connectivity index (χ3n) is 3.82. The smallest absolute Gasteiger partial charge is 0.232 e. The summed E-state index contributed by atoms with van der Waals surface area (Å²) in [5.74, 6) is -0.442. The first-order valence-electron chi connectivity index (χ1n) is 8.12. The second-order valence-corrected chi connectivity index (χ2v) is 8.01. The van der Waals surface area contributed by atoms with Gasteiger partial charge < -0.3 is 5.32 Å². The van der Waals surface area contributed by atoms with Gasteiger partial charge in [-0.2, -0.15) is 0 Å². The summed E-state index contributed by atoms with van der Waals surface area (Å²) >= 11 is 0. The fraction of sp³-hybridized carbons (Fsp3) is 0.263. The molecule has 2 aromatic carbocycles. The van der Waals surface area contributed by atoms with Crippen LogP contribution in [0.15, 0.2) is 48.5 Å². The average molecular weight is 374 g/mol. The summed E-state index contributed by atoms with van der Waals surface area (Å²) < 4.78 is 25.4. The molecule has 1 amide bonds. The number of carbonyl (C=O) groups is 2. The number of carbonyl (C=O) groups excluding carboxylic acids is 2. The second kappa shape index (κ2) is 8.14. The number of hydrogen-bond acceptors (Lipinski definition) is 4. The highest BCUT2D eigenvalue weighted by atomic mass is 32.2. The number of Topliss-reactive ketones (excluding diaryl/α,β-unsaturated/α-hetero) is 1. The Kier molecular flexibility index (Phi) is 6.15. The SMILES string of the molecule is CC(=O)c1cccc(N(CCC(=O)Nc2ccc(C)cc2)S(C)(=O)=O)c1. The van der Waals surface area contributed by atoms with Crippen molar-refractivity contribution in [2.24, 2.45) is 0 Å². The van der Waals surface area contributed by atoms with Gasteiger partial charge in [-0.3, -0.25) is 13.9 Å². The highest BCUT2D eigenvalue weighted by Gasteiger charge is 2.19. The van der Waals surface area contributed by atoms with E-state index in [1.165, 1.54) is 13.0 Å². The minimum absolute atomic E-state index is 0.00869. The van der Waals surface area contributed by atoms with Crippen molar-refractivity contribution in [1.29, 1.82) is 0 Å². The zero-order valence-corrected chi connectivity index (χ0v) is 15.8. The lowest BCUT2D eigenvalue weighted by Crippen LogP contribution is -2.33. The molecule has 0 aliphatic carbocycles. The molecule has 0 spiro atoms. The van der Waals surface area contributed by atoms with Crippen LogP contribution < -0.4 is 9.62 Å². The molecular formula is C19H22N2O4S. The predicted octanol–water partition coefficient (Wildman–Crippen LogP) is 2.99. The molecular weight excluding hydrogens is 352 g/mol. The summed E-state index contributed by atoms with van der Waals surface area (Å²) in [6, 6.07) is 13.7. The number of sulfonamides is 1. The number of anilines is 2. The summed E-state index contributed by atoms with van der Waals surface area (Å²) in [6.07, 6.45) is 1.07. The van der Waals surface area contributed by atoms with E-state index in [9.17, 15) is 18.0 Å². The molecule has 0 bridgehead atoms. The van der Waals surface area contributed by atoms with E-state index in [1.54, 1.807) is 30.3 Å². The number of hydrogen-bond donors (Lipinski definition) is 1. The first-order valence-corrected chi connectivity index (χ1v) is 9.97. The molecule has 0 saturated heterocycles. The molecule has 26 heavy (non-hydrogen) atoms. The van der Waals surface area contributed by atoms with Gasteiger partial charge in [-0.1, -0.05) is 29.8 Å². The van der Waals surface area contributed by atoms with Crippen LogP contribution in [-0.2, 0) is 14.8 Å². The summed E-state index contributed by atoms with van der Waals surface area (Å²) in [5.41, 5.74) is 2.52. The van der Waals surface area contributed by atoms with Crippen LogP contribution in [0.4, 0.5) is 11.4 Å². The van der Waals surface area contributed by atoms with Crippen molar-refractivity contribution in [2.75, 3.05) is 22.4 Å². The van der Waals surface area contributed by atoms with Gasteiger partial charge in [0.05, 0.1) is 11.9 Å². The Hall–Kier alpha value is -2.67. The molecule has 0 radical (unpaired) electrons. The first kappa shape index (κ1) is 19.7. The lowest BCUT2D eigenvalue weighted by molar-refractivity contribution is -0.116. The molecule has 0 aromatic heterocycles. The highest BCUT2D eigenvalue weighted by Crippen LogP contribution is 2.20. The van der Waals surface area contributed by atoms with Crippen molar-refractivity contribution in [3.05, 3.63) is 59.7 Å². The number of rotatable bonds is 7. The van der Waals surface area contributed by atoms with Gasteiger partial charge in [0.2, 0.25) is 15.9 Å². The highest BCUT2D eigenvalue weighted by molar-refractivity contribution is 7.92. The van der Waals surface area contributed by atoms with Crippen LogP contribution in [0.2, 0.25) is 0 Å². The largest absolute Gasteiger partial charge is 0.326 e. The Morgan fingerprint density at radius 3 is 2.31 bits per heavy atom. The molecule has 0 atom stereocenters. The molecule has 0 aliphatic heterocycles. The van der Waals surface area contributed by atoms with Gasteiger partial charge in [-0.05, 0) is 38.1 Å². The van der Waals surface area contributed by atoms with Crippen molar-refractivity contribution in [2.45, 2.75) is 20.3 Å². The molecule has 138 valence electrons. The minimum atomic E-state index is -3.59. The third-order valence-corrected chi connectivity index (χ3v) is 5.01. The van der Waals surface area contributed by atoms with E-state index in [4.69, 9.17) is 0 Å². The van der Waals surface area contributed by atoms with Crippen molar-refractivity contribution < 1.29 is 18.0 Å². The van der Waals surface area contributed by atoms with Crippen LogP contribution >= 0.6 is 0 Å². The Morgan fingerprint density at radius 1 is 1.08 bits per heavy atom. The van der Waals surface area contributed by atoms with Crippen LogP contribution in [0, 0.1) is 6.92 Å². The lowest BCUT2D eigenvalue weighted by atomic mass is 10.1. The monoisotopic (exact) mass is 374 g/mol. The van der Waals surface area contributed by atoms with Crippen molar-refractivity contribution in [3.8, 4) is 0 Å². The van der Waals surface area contributed by atoms with Crippen LogP contribution in [0.3, 0.4) is 0 Å². The maximum Gasteiger partial charge on any atom is 0.232 e. The molecule has 2 rings (SSSR count). The molecule has 0 unspecified atom stereocenters. The van der Waals surface area contributed by atoms with Crippen molar-refractivity contribution >= 4 is 33.1 Å². The number of amides is 1. The van der Waals surface area contributed by atoms with E-state index in [0.29, 0.717) is 16.9 Å². The molecule has 0 aliphatic rings. The summed E-state index contributed by atoms with van der Waals surface area (Å²) in [5, 5.41) is 2.74. The van der Waals surface area contributed by atoms with Crippen molar-refractivity contribution in [1.82, 2.24) is 0 Å². The number of benzene rings is 2. The van der Waals surface area contributed by atoms with Gasteiger partial charge in [-0.25, -0.2) is 8.42 Å². The molecule has 0 heterocycles. The van der Waals surface area contributed by atoms with E-state index < -0.39 is 10.0 Å². The summed E-state index contributed by atoms with van der Waals surface area (Å²) in [4.78, 5) is 23.7. The Balaban J connectivity index is 2.11. The lowest BCUT2D eigenvalue weighted by Gasteiger charge is -2.22. The Labute approximate surface area is 153 Å². The first-order chi connectivity index (χ1) is 12.2. The van der Waals surface area contributed by atoms with Crippen LogP contribution in [0.5, 0.6) is 0 Å². The molecule has 6 nitrogen and oxygen atoms in total. The summed E-state index contributed by atoms with van der Waals surface area (Å²) in [6.45, 7) is 3.35. The fourth-order valence-corrected chi connectivity index (χ4v) is 3.35. The van der Waals surface area contributed by atoms with E-state index in [2.05, 4.69) is 5.32 Å². The molecule has 0 fully saturated rings. The normalized spacial score (nSPS) is 11.0. The van der Waals surface area contributed by atoms with Gasteiger partial charge in [0.25, 0.3) is 0 Å². The number of nitrogens with one attached hydrogen (secondary N) is 1. The predicted molar refractivity (Wildman–Crippen MR) is 103 cm³/mol. The van der Waals surface area contributed by atoms with Gasteiger partial charge in [0.15, 0.2) is 5.78 Å². The Bertz CT molecular complexity index is 905. The topological polar surface area (TPSA) is 83.6 Å². The van der Waals surface area contributed by atoms with Gasteiger partial charge in [-0.15, -0.1) is 0 Å². The van der Waals surface area contributed by atoms with E-state index >= 15 is 0 Å². The number of aryl methyl sites for hydroxylation is 1. The maximum absolute atomic E-state index is 12.1. The standard InChI is InChI=1S/C19H22N2O4S/c1-14-7-9-17(10-8-14)20-19(23)11-12-21(26(3,24)25)18-6-4-5-16(13-18)15(2)22/h4-10,13H,11-12H2,1-3H3,(H,20,23). The van der Waals surface area contributed by atoms with E-state index in [0.717, 1.165) is 16.1 Å². The van der Waals surface area contributed by atoms with Crippen LogP contribution in [0.1, 0.15) is 29.3 Å². The van der Waals surface area contributed by atoms with Crippen LogP contribution in [-0.4, -0.2) is 32.9 Å². The minimum Gasteiger partial charge on any atom is -0.326 e. The second-order valence-electron chi connectivity index (χ2n) is 6.11. The average Bonchev–Trinajstić information content (AvgIpc) is 2.56. The maximum atomic E-state index is 12.1. The fourth-order valence-electron chi connectivity index (χ4n) is 2.43. The number of nitrogens with zero attached hydrogens (tertiary/aromatic N) is 1. The zero-order valence-electron chi connectivity index (χ0n) is 15.0.